The molecular formula is C9H16Cl3Zr-. The van der Waals surface area contributed by atoms with Gasteiger partial charge in [-0.15, -0.1) is 43.6 Å². The number of rotatable bonds is 2. The van der Waals surface area contributed by atoms with E-state index in [0.29, 0.717) is 0 Å². The molecule has 0 spiro atoms. The van der Waals surface area contributed by atoms with Gasteiger partial charge in [-0.2, -0.15) is 6.08 Å². The minimum absolute atomic E-state index is 0. The fourth-order valence-electron chi connectivity index (χ4n) is 1.03. The zero-order valence-corrected chi connectivity index (χ0v) is 12.8. The molecule has 13 heavy (non-hydrogen) atoms. The van der Waals surface area contributed by atoms with Crippen LogP contribution in [0.3, 0.4) is 0 Å². The molecule has 78 valence electrons. The SMILES string of the molecule is CC(C)CC1=[C-]CC=C1.Cl.Cl.Cl.[Zr]. The van der Waals surface area contributed by atoms with Gasteiger partial charge in [-0.25, -0.2) is 11.6 Å². The minimum atomic E-state index is 0. The summed E-state index contributed by atoms with van der Waals surface area (Å²) in [7, 11) is 0. The maximum atomic E-state index is 3.29. The van der Waals surface area contributed by atoms with Gasteiger partial charge in [0.25, 0.3) is 0 Å². The molecular weight excluding hydrogens is 306 g/mol. The van der Waals surface area contributed by atoms with Gasteiger partial charge < -0.3 is 0 Å². The van der Waals surface area contributed by atoms with E-state index in [1.54, 1.807) is 0 Å². The van der Waals surface area contributed by atoms with Crippen LogP contribution in [0, 0.1) is 12.0 Å². The number of halogens is 3. The van der Waals surface area contributed by atoms with Crippen molar-refractivity contribution in [2.45, 2.75) is 26.7 Å². The molecule has 1 rings (SSSR count). The van der Waals surface area contributed by atoms with Gasteiger partial charge in [-0.3, -0.25) is 6.08 Å². The first-order chi connectivity index (χ1) is 4.29. The van der Waals surface area contributed by atoms with Crippen molar-refractivity contribution in [3.05, 3.63) is 23.8 Å². The normalized spacial score (nSPS) is 11.8. The largest absolute Gasteiger partial charge is 0.269 e. The smallest absolute Gasteiger partial charge is 0 e. The van der Waals surface area contributed by atoms with E-state index in [2.05, 4.69) is 32.1 Å². The average molecular weight is 322 g/mol. The molecule has 0 nitrogen and oxygen atoms in total. The van der Waals surface area contributed by atoms with Crippen molar-refractivity contribution >= 4 is 37.2 Å². The third-order valence-corrected chi connectivity index (χ3v) is 1.39. The maximum Gasteiger partial charge on any atom is 0 e. The molecule has 0 bridgehead atoms. The van der Waals surface area contributed by atoms with Gasteiger partial charge in [0, 0.05) is 26.2 Å². The summed E-state index contributed by atoms with van der Waals surface area (Å²) >= 11 is 0. The monoisotopic (exact) mass is 319 g/mol. The second kappa shape index (κ2) is 13.2. The van der Waals surface area contributed by atoms with Crippen LogP contribution in [0.2, 0.25) is 0 Å². The van der Waals surface area contributed by atoms with Crippen LogP contribution < -0.4 is 0 Å². The second-order valence-electron chi connectivity index (χ2n) is 2.91. The molecule has 0 amide bonds. The molecule has 0 aromatic heterocycles. The van der Waals surface area contributed by atoms with E-state index in [4.69, 9.17) is 0 Å². The predicted octanol–water partition coefficient (Wildman–Crippen LogP) is 3.98. The summed E-state index contributed by atoms with van der Waals surface area (Å²) in [5, 5.41) is 0. The molecule has 0 aromatic carbocycles. The van der Waals surface area contributed by atoms with Crippen LogP contribution >= 0.6 is 37.2 Å². The van der Waals surface area contributed by atoms with Gasteiger partial charge in [0.1, 0.15) is 0 Å². The van der Waals surface area contributed by atoms with Crippen molar-refractivity contribution in [3.8, 4) is 0 Å². The summed E-state index contributed by atoms with van der Waals surface area (Å²) in [6, 6.07) is 0. The quantitative estimate of drug-likeness (QED) is 0.675. The topological polar surface area (TPSA) is 0 Å². The molecule has 0 heterocycles. The van der Waals surface area contributed by atoms with E-state index in [-0.39, 0.29) is 63.4 Å². The molecule has 0 fully saturated rings. The molecule has 0 radical (unpaired) electrons. The molecule has 0 saturated carbocycles. The first-order valence-electron chi connectivity index (χ1n) is 3.55. The number of hydrogen-bond acceptors (Lipinski definition) is 0. The van der Waals surface area contributed by atoms with Crippen LogP contribution in [-0.4, -0.2) is 0 Å². The molecule has 0 unspecified atom stereocenters. The van der Waals surface area contributed by atoms with Crippen LogP contribution in [0.5, 0.6) is 0 Å². The Hall–Kier alpha value is 1.23. The first kappa shape index (κ1) is 23.8. The summed E-state index contributed by atoms with van der Waals surface area (Å²) in [4.78, 5) is 0. The Morgan fingerprint density at radius 2 is 1.85 bits per heavy atom. The van der Waals surface area contributed by atoms with E-state index in [0.717, 1.165) is 12.3 Å². The molecule has 0 N–H and O–H groups in total. The van der Waals surface area contributed by atoms with Crippen molar-refractivity contribution in [1.29, 1.82) is 0 Å². The number of hydrogen-bond donors (Lipinski definition) is 0. The zero-order valence-electron chi connectivity index (χ0n) is 7.87. The van der Waals surface area contributed by atoms with Crippen LogP contribution in [0.15, 0.2) is 17.7 Å². The van der Waals surface area contributed by atoms with Crippen molar-refractivity contribution in [3.63, 3.8) is 0 Å². The van der Waals surface area contributed by atoms with E-state index >= 15 is 0 Å². The molecule has 4 heteroatoms. The predicted molar refractivity (Wildman–Crippen MR) is 61.7 cm³/mol. The second-order valence-corrected chi connectivity index (χ2v) is 2.91. The van der Waals surface area contributed by atoms with Crippen molar-refractivity contribution < 1.29 is 26.2 Å². The van der Waals surface area contributed by atoms with Crippen LogP contribution in [-0.2, 0) is 26.2 Å². The van der Waals surface area contributed by atoms with Gasteiger partial charge in [0.15, 0.2) is 0 Å². The van der Waals surface area contributed by atoms with Gasteiger partial charge in [-0.05, 0) is 5.92 Å². The Morgan fingerprint density at radius 3 is 2.15 bits per heavy atom. The fourth-order valence-corrected chi connectivity index (χ4v) is 1.03. The Morgan fingerprint density at radius 1 is 1.31 bits per heavy atom. The summed E-state index contributed by atoms with van der Waals surface area (Å²) in [5.74, 6) is 0.773. The molecule has 0 atom stereocenters. The summed E-state index contributed by atoms with van der Waals surface area (Å²) in [6.07, 6.45) is 9.86. The summed E-state index contributed by atoms with van der Waals surface area (Å²) < 4.78 is 0. The van der Waals surface area contributed by atoms with Crippen LogP contribution in [0.1, 0.15) is 26.7 Å². The van der Waals surface area contributed by atoms with Crippen molar-refractivity contribution in [2.24, 2.45) is 5.92 Å². The minimum Gasteiger partial charge on any atom is -0.269 e. The van der Waals surface area contributed by atoms with Crippen LogP contribution in [0.4, 0.5) is 0 Å². The summed E-state index contributed by atoms with van der Waals surface area (Å²) in [6.45, 7) is 4.47. The Bertz CT molecular complexity index is 153. The van der Waals surface area contributed by atoms with E-state index < -0.39 is 0 Å². The van der Waals surface area contributed by atoms with Crippen molar-refractivity contribution in [2.75, 3.05) is 0 Å². The van der Waals surface area contributed by atoms with Gasteiger partial charge in [0.2, 0.25) is 0 Å². The first-order valence-corrected chi connectivity index (χ1v) is 3.55. The van der Waals surface area contributed by atoms with Gasteiger partial charge in [0.05, 0.1) is 0 Å². The summed E-state index contributed by atoms with van der Waals surface area (Å²) in [5.41, 5.74) is 1.39. The molecule has 0 aliphatic heterocycles. The fraction of sp³-hybridized carbons (Fsp3) is 0.556. The molecule has 1 aliphatic rings. The third-order valence-electron chi connectivity index (χ3n) is 1.39. The van der Waals surface area contributed by atoms with Gasteiger partial charge in [-0.1, -0.05) is 20.3 Å². The van der Waals surface area contributed by atoms with E-state index in [1.165, 1.54) is 12.0 Å². The van der Waals surface area contributed by atoms with Gasteiger partial charge >= 0.3 is 0 Å². The average Bonchev–Trinajstić information content (AvgIpc) is 2.15. The van der Waals surface area contributed by atoms with E-state index in [9.17, 15) is 0 Å². The van der Waals surface area contributed by atoms with Crippen LogP contribution in [0.25, 0.3) is 0 Å². The molecule has 1 aliphatic carbocycles. The number of allylic oxidation sites excluding steroid dienone is 4. The standard InChI is InChI=1S/C9H13.3ClH.Zr/c1-8(2)7-9-5-3-4-6-9;;;;/h3,5,8H,4,7H2,1-2H3;3*1H;/q-1;;;;. The Kier molecular flexibility index (Phi) is 24.2. The molecule has 0 saturated heterocycles. The van der Waals surface area contributed by atoms with Crippen molar-refractivity contribution in [1.82, 2.24) is 0 Å². The Balaban J connectivity index is -0.000000101. The zero-order chi connectivity index (χ0) is 6.69. The van der Waals surface area contributed by atoms with E-state index in [1.807, 2.05) is 0 Å². The third kappa shape index (κ3) is 11.2. The maximum absolute atomic E-state index is 3.29. The Labute approximate surface area is 119 Å². The molecule has 0 aromatic rings.